The van der Waals surface area contributed by atoms with E-state index in [1.165, 1.54) is 36.2 Å². The van der Waals surface area contributed by atoms with E-state index in [0.29, 0.717) is 5.75 Å². The molecule has 3 N–H and O–H groups in total. The number of rotatable bonds is 3. The second-order valence-electron chi connectivity index (χ2n) is 4.91. The van der Waals surface area contributed by atoms with Crippen LogP contribution in [0, 0.1) is 0 Å². The zero-order valence-corrected chi connectivity index (χ0v) is 13.5. The highest BCUT2D eigenvalue weighted by Gasteiger charge is 2.39. The monoisotopic (exact) mass is 368 g/mol. The molecule has 0 aliphatic carbocycles. The highest BCUT2D eigenvalue weighted by atomic mass is 32.1. The van der Waals surface area contributed by atoms with E-state index in [2.05, 4.69) is 15.0 Å². The van der Waals surface area contributed by atoms with E-state index in [1.807, 2.05) is 0 Å². The van der Waals surface area contributed by atoms with Gasteiger partial charge in [-0.25, -0.2) is 15.0 Å². The fraction of sp³-hybridized carbons (Fsp3) is 0.133. The minimum absolute atomic E-state index is 0.0440. The van der Waals surface area contributed by atoms with E-state index in [-0.39, 0.29) is 28.3 Å². The van der Waals surface area contributed by atoms with Crippen molar-refractivity contribution in [1.82, 2.24) is 15.0 Å². The van der Waals surface area contributed by atoms with Gasteiger partial charge in [-0.2, -0.15) is 13.2 Å². The predicted molar refractivity (Wildman–Crippen MR) is 86.2 cm³/mol. The third-order valence-corrected chi connectivity index (χ3v) is 3.93. The first-order chi connectivity index (χ1) is 11.8. The molecule has 6 nitrogen and oxygen atoms in total. The first kappa shape index (κ1) is 17.0. The van der Waals surface area contributed by atoms with Gasteiger partial charge in [0.2, 0.25) is 5.95 Å². The average molecular weight is 368 g/mol. The van der Waals surface area contributed by atoms with Crippen LogP contribution in [0.25, 0.3) is 22.5 Å². The minimum atomic E-state index is -4.77. The normalized spacial score (nSPS) is 11.5. The molecule has 0 bridgehead atoms. The number of aromatic nitrogens is 3. The Morgan fingerprint density at radius 2 is 2.00 bits per heavy atom. The molecule has 2 heterocycles. The predicted octanol–water partition coefficient (Wildman–Crippen LogP) is 3.58. The SMILES string of the molecule is COc1ccc(-c2nc(N)nc(C(F)(F)F)c2-c2cscn2)c(O)c1. The number of nitrogen functional groups attached to an aromatic ring is 1. The van der Waals surface area contributed by atoms with Gasteiger partial charge in [-0.3, -0.25) is 0 Å². The molecule has 2 aromatic heterocycles. The molecule has 0 radical (unpaired) electrons. The second kappa shape index (κ2) is 6.20. The fourth-order valence-electron chi connectivity index (χ4n) is 2.30. The van der Waals surface area contributed by atoms with Crippen molar-refractivity contribution < 1.29 is 23.0 Å². The zero-order valence-electron chi connectivity index (χ0n) is 12.7. The van der Waals surface area contributed by atoms with Crippen molar-refractivity contribution in [2.75, 3.05) is 12.8 Å². The number of nitrogens with zero attached hydrogens (tertiary/aromatic N) is 3. The summed E-state index contributed by atoms with van der Waals surface area (Å²) in [7, 11) is 1.40. The summed E-state index contributed by atoms with van der Waals surface area (Å²) in [6.07, 6.45) is -4.77. The summed E-state index contributed by atoms with van der Waals surface area (Å²) < 4.78 is 45.4. The summed E-state index contributed by atoms with van der Waals surface area (Å²) in [5, 5.41) is 11.6. The lowest BCUT2D eigenvalue weighted by Gasteiger charge is -2.16. The van der Waals surface area contributed by atoms with Gasteiger partial charge in [0.25, 0.3) is 0 Å². The molecular weight excluding hydrogens is 357 g/mol. The smallest absolute Gasteiger partial charge is 0.434 e. The number of aromatic hydroxyl groups is 1. The summed E-state index contributed by atoms with van der Waals surface area (Å²) in [4.78, 5) is 11.2. The maximum atomic E-state index is 13.5. The average Bonchev–Trinajstić information content (AvgIpc) is 3.07. The maximum Gasteiger partial charge on any atom is 0.434 e. The highest BCUT2D eigenvalue weighted by molar-refractivity contribution is 7.07. The van der Waals surface area contributed by atoms with Crippen molar-refractivity contribution in [3.8, 4) is 34.0 Å². The van der Waals surface area contributed by atoms with Crippen molar-refractivity contribution in [3.63, 3.8) is 0 Å². The number of benzene rings is 1. The number of halogens is 3. The molecule has 0 atom stereocenters. The van der Waals surface area contributed by atoms with Crippen LogP contribution in [0.5, 0.6) is 11.5 Å². The first-order valence-corrected chi connectivity index (χ1v) is 7.76. The summed E-state index contributed by atoms with van der Waals surface area (Å²) in [6, 6.07) is 4.16. The van der Waals surface area contributed by atoms with Crippen LogP contribution in [0.4, 0.5) is 19.1 Å². The Balaban J connectivity index is 2.35. The van der Waals surface area contributed by atoms with E-state index in [1.54, 1.807) is 0 Å². The lowest BCUT2D eigenvalue weighted by atomic mass is 10.0. The number of phenols is 1. The number of methoxy groups -OCH3 is 1. The van der Waals surface area contributed by atoms with Crippen molar-refractivity contribution in [2.45, 2.75) is 6.18 Å². The van der Waals surface area contributed by atoms with Gasteiger partial charge in [-0.1, -0.05) is 0 Å². The molecule has 0 saturated carbocycles. The van der Waals surface area contributed by atoms with Gasteiger partial charge < -0.3 is 15.6 Å². The topological polar surface area (TPSA) is 94.2 Å². The first-order valence-electron chi connectivity index (χ1n) is 6.82. The quantitative estimate of drug-likeness (QED) is 0.734. The van der Waals surface area contributed by atoms with Gasteiger partial charge in [0.05, 0.1) is 29.6 Å². The third-order valence-electron chi connectivity index (χ3n) is 3.34. The van der Waals surface area contributed by atoms with Crippen molar-refractivity contribution in [1.29, 1.82) is 0 Å². The second-order valence-corrected chi connectivity index (χ2v) is 5.63. The van der Waals surface area contributed by atoms with Crippen molar-refractivity contribution in [3.05, 3.63) is 34.8 Å². The number of anilines is 1. The largest absolute Gasteiger partial charge is 0.507 e. The van der Waals surface area contributed by atoms with Crippen LogP contribution in [-0.4, -0.2) is 27.2 Å². The van der Waals surface area contributed by atoms with Gasteiger partial charge in [-0.15, -0.1) is 11.3 Å². The molecule has 10 heteroatoms. The minimum Gasteiger partial charge on any atom is -0.507 e. The van der Waals surface area contributed by atoms with Crippen molar-refractivity contribution in [2.24, 2.45) is 0 Å². The summed E-state index contributed by atoms with van der Waals surface area (Å²) in [6.45, 7) is 0. The van der Waals surface area contributed by atoms with E-state index >= 15 is 0 Å². The Labute approximate surface area is 143 Å². The number of hydrogen-bond acceptors (Lipinski definition) is 7. The Hall–Kier alpha value is -2.88. The Bertz CT molecular complexity index is 914. The number of thiazole rings is 1. The highest BCUT2D eigenvalue weighted by Crippen LogP contribution is 2.43. The molecule has 25 heavy (non-hydrogen) atoms. The van der Waals surface area contributed by atoms with E-state index < -0.39 is 17.8 Å². The molecule has 3 aromatic rings. The number of alkyl halides is 3. The molecule has 3 rings (SSSR count). The molecular formula is C15H11F3N4O2S. The van der Waals surface area contributed by atoms with Gasteiger partial charge in [0.15, 0.2) is 5.69 Å². The lowest BCUT2D eigenvalue weighted by Crippen LogP contribution is -2.14. The summed E-state index contributed by atoms with van der Waals surface area (Å²) >= 11 is 1.12. The van der Waals surface area contributed by atoms with E-state index in [4.69, 9.17) is 10.5 Å². The number of hydrogen-bond donors (Lipinski definition) is 2. The van der Waals surface area contributed by atoms with Crippen LogP contribution in [0.15, 0.2) is 29.1 Å². The molecule has 0 aliphatic heterocycles. The Morgan fingerprint density at radius 3 is 2.56 bits per heavy atom. The van der Waals surface area contributed by atoms with E-state index in [0.717, 1.165) is 11.3 Å². The standard InChI is InChI=1S/C15H11F3N4O2S/c1-24-7-2-3-8(10(23)4-7)12-11(9-5-25-6-20-9)13(15(16,17)18)22-14(19)21-12/h2-6,23H,1H3,(H2,19,21,22). The molecule has 0 fully saturated rings. The van der Waals surface area contributed by atoms with Crippen LogP contribution >= 0.6 is 11.3 Å². The zero-order chi connectivity index (χ0) is 18.2. The third kappa shape index (κ3) is 3.20. The fourth-order valence-corrected chi connectivity index (χ4v) is 2.84. The van der Waals surface area contributed by atoms with Gasteiger partial charge in [0, 0.05) is 17.0 Å². The van der Waals surface area contributed by atoms with Crippen LogP contribution < -0.4 is 10.5 Å². The maximum absolute atomic E-state index is 13.5. The summed E-state index contributed by atoms with van der Waals surface area (Å²) in [5.74, 6) is -0.520. The van der Waals surface area contributed by atoms with E-state index in [9.17, 15) is 18.3 Å². The number of ether oxygens (including phenoxy) is 1. The van der Waals surface area contributed by atoms with Gasteiger partial charge in [0.1, 0.15) is 11.5 Å². The number of nitrogens with two attached hydrogens (primary N) is 1. The Kier molecular flexibility index (Phi) is 4.21. The van der Waals surface area contributed by atoms with Gasteiger partial charge >= 0.3 is 6.18 Å². The Morgan fingerprint density at radius 1 is 1.24 bits per heavy atom. The molecule has 0 unspecified atom stereocenters. The molecule has 1 aromatic carbocycles. The van der Waals surface area contributed by atoms with Gasteiger partial charge in [-0.05, 0) is 12.1 Å². The molecule has 0 amide bonds. The van der Waals surface area contributed by atoms with Crippen LogP contribution in [0.2, 0.25) is 0 Å². The molecule has 130 valence electrons. The molecule has 0 aliphatic rings. The van der Waals surface area contributed by atoms with Crippen LogP contribution in [0.3, 0.4) is 0 Å². The molecule has 0 spiro atoms. The molecule has 0 saturated heterocycles. The van der Waals surface area contributed by atoms with Crippen molar-refractivity contribution >= 4 is 17.3 Å². The lowest BCUT2D eigenvalue weighted by molar-refractivity contribution is -0.140. The summed E-state index contributed by atoms with van der Waals surface area (Å²) in [5.41, 5.74) is 5.25. The number of phenolic OH excluding ortho intramolecular Hbond substituents is 1. The van der Waals surface area contributed by atoms with Crippen LogP contribution in [-0.2, 0) is 6.18 Å². The van der Waals surface area contributed by atoms with Crippen LogP contribution in [0.1, 0.15) is 5.69 Å².